The highest BCUT2D eigenvalue weighted by atomic mass is 16.5. The van der Waals surface area contributed by atoms with Crippen LogP contribution in [0.15, 0.2) is 18.2 Å². The molecular weight excluding hydrogens is 236 g/mol. The van der Waals surface area contributed by atoms with Crippen LogP contribution in [0.4, 0.5) is 5.69 Å². The quantitative estimate of drug-likeness (QED) is 0.826. The number of rotatable bonds is 6. The van der Waals surface area contributed by atoms with Crippen LogP contribution in [0.5, 0.6) is 5.75 Å². The van der Waals surface area contributed by atoms with Crippen molar-refractivity contribution in [1.29, 1.82) is 0 Å². The minimum absolute atomic E-state index is 0.731. The zero-order valence-corrected chi connectivity index (χ0v) is 12.2. The second kappa shape index (κ2) is 7.39. The van der Waals surface area contributed by atoms with Gasteiger partial charge in [0.2, 0.25) is 0 Å². The maximum Gasteiger partial charge on any atom is 0.142 e. The van der Waals surface area contributed by atoms with Gasteiger partial charge < -0.3 is 15.4 Å². The molecule has 1 aromatic rings. The number of hydrogen-bond donors (Lipinski definition) is 2. The third kappa shape index (κ3) is 4.43. The van der Waals surface area contributed by atoms with Crippen molar-refractivity contribution in [2.24, 2.45) is 5.92 Å². The number of ether oxygens (including phenoxy) is 1. The van der Waals surface area contributed by atoms with Crippen LogP contribution in [0, 0.1) is 12.8 Å². The van der Waals surface area contributed by atoms with Gasteiger partial charge in [-0.3, -0.25) is 0 Å². The molecule has 1 aromatic carbocycles. The Labute approximate surface area is 116 Å². The predicted molar refractivity (Wildman–Crippen MR) is 81.0 cm³/mol. The van der Waals surface area contributed by atoms with Crippen LogP contribution < -0.4 is 15.4 Å². The number of hydrogen-bond acceptors (Lipinski definition) is 3. The molecule has 1 unspecified atom stereocenters. The van der Waals surface area contributed by atoms with Crippen molar-refractivity contribution in [3.05, 3.63) is 23.8 Å². The molecule has 0 radical (unpaired) electrons. The van der Waals surface area contributed by atoms with Crippen LogP contribution >= 0.6 is 0 Å². The van der Waals surface area contributed by atoms with Gasteiger partial charge in [-0.25, -0.2) is 0 Å². The maximum absolute atomic E-state index is 5.83. The summed E-state index contributed by atoms with van der Waals surface area (Å²) < 4.78 is 5.83. The summed E-state index contributed by atoms with van der Waals surface area (Å²) in [5.74, 6) is 1.72. The van der Waals surface area contributed by atoms with E-state index in [0.29, 0.717) is 0 Å². The van der Waals surface area contributed by atoms with Crippen molar-refractivity contribution in [3.8, 4) is 5.75 Å². The summed E-state index contributed by atoms with van der Waals surface area (Å²) in [4.78, 5) is 0. The standard InChI is InChI=1S/C16H26N2O/c1-3-9-19-16-10-13(2)6-7-15(16)18-12-14-5-4-8-17-11-14/h6-7,10,14,17-18H,3-5,8-9,11-12H2,1-2H3. The van der Waals surface area contributed by atoms with E-state index in [1.807, 2.05) is 0 Å². The van der Waals surface area contributed by atoms with Crippen molar-refractivity contribution in [2.75, 3.05) is 31.6 Å². The molecular formula is C16H26N2O. The molecule has 0 spiro atoms. The minimum atomic E-state index is 0.731. The summed E-state index contributed by atoms with van der Waals surface area (Å²) in [7, 11) is 0. The molecule has 1 aliphatic heterocycles. The Balaban J connectivity index is 1.93. The molecule has 1 atom stereocenters. The molecule has 0 amide bonds. The molecule has 0 bridgehead atoms. The Bertz CT molecular complexity index is 386. The summed E-state index contributed by atoms with van der Waals surface area (Å²) in [5, 5.41) is 7.01. The highest BCUT2D eigenvalue weighted by molar-refractivity contribution is 5.57. The van der Waals surface area contributed by atoms with Gasteiger partial charge in [-0.05, 0) is 62.9 Å². The van der Waals surface area contributed by atoms with Crippen LogP contribution in [0.1, 0.15) is 31.7 Å². The van der Waals surface area contributed by atoms with Crippen molar-refractivity contribution < 1.29 is 4.74 Å². The van der Waals surface area contributed by atoms with Crippen LogP contribution in [0.2, 0.25) is 0 Å². The second-order valence-corrected chi connectivity index (χ2v) is 5.44. The van der Waals surface area contributed by atoms with Gasteiger partial charge in [0.15, 0.2) is 0 Å². The number of aryl methyl sites for hydroxylation is 1. The molecule has 2 rings (SSSR count). The van der Waals surface area contributed by atoms with E-state index in [1.54, 1.807) is 0 Å². The SMILES string of the molecule is CCCOc1cc(C)ccc1NCC1CCCNC1. The molecule has 3 nitrogen and oxygen atoms in total. The third-order valence-electron chi connectivity index (χ3n) is 3.58. The number of benzene rings is 1. The Morgan fingerprint density at radius 2 is 2.32 bits per heavy atom. The van der Waals surface area contributed by atoms with Crippen molar-refractivity contribution in [1.82, 2.24) is 5.32 Å². The van der Waals surface area contributed by atoms with Gasteiger partial charge in [-0.1, -0.05) is 13.0 Å². The Morgan fingerprint density at radius 1 is 1.42 bits per heavy atom. The van der Waals surface area contributed by atoms with E-state index < -0.39 is 0 Å². The number of anilines is 1. The molecule has 0 saturated carbocycles. The lowest BCUT2D eigenvalue weighted by Crippen LogP contribution is -2.33. The van der Waals surface area contributed by atoms with E-state index in [-0.39, 0.29) is 0 Å². The molecule has 1 saturated heterocycles. The monoisotopic (exact) mass is 262 g/mol. The van der Waals surface area contributed by atoms with Gasteiger partial charge in [-0.15, -0.1) is 0 Å². The fourth-order valence-corrected chi connectivity index (χ4v) is 2.46. The topological polar surface area (TPSA) is 33.3 Å². The molecule has 106 valence electrons. The van der Waals surface area contributed by atoms with Gasteiger partial charge >= 0.3 is 0 Å². The molecule has 0 aliphatic carbocycles. The highest BCUT2D eigenvalue weighted by Gasteiger charge is 2.13. The van der Waals surface area contributed by atoms with E-state index in [0.717, 1.165) is 43.5 Å². The fraction of sp³-hybridized carbons (Fsp3) is 0.625. The van der Waals surface area contributed by atoms with E-state index in [4.69, 9.17) is 4.74 Å². The average molecular weight is 262 g/mol. The first-order valence-electron chi connectivity index (χ1n) is 7.47. The maximum atomic E-state index is 5.83. The Kier molecular flexibility index (Phi) is 5.52. The zero-order valence-electron chi connectivity index (χ0n) is 12.2. The lowest BCUT2D eigenvalue weighted by Gasteiger charge is -2.24. The minimum Gasteiger partial charge on any atom is -0.491 e. The second-order valence-electron chi connectivity index (χ2n) is 5.44. The van der Waals surface area contributed by atoms with Crippen LogP contribution in [0.25, 0.3) is 0 Å². The Morgan fingerprint density at radius 3 is 3.05 bits per heavy atom. The van der Waals surface area contributed by atoms with Gasteiger partial charge in [0.25, 0.3) is 0 Å². The summed E-state index contributed by atoms with van der Waals surface area (Å²) in [6.45, 7) is 8.35. The van der Waals surface area contributed by atoms with E-state index in [2.05, 4.69) is 42.7 Å². The van der Waals surface area contributed by atoms with Crippen LogP contribution in [-0.2, 0) is 0 Å². The third-order valence-corrected chi connectivity index (χ3v) is 3.58. The van der Waals surface area contributed by atoms with Gasteiger partial charge in [0.1, 0.15) is 5.75 Å². The van der Waals surface area contributed by atoms with Crippen LogP contribution in [0.3, 0.4) is 0 Å². The number of piperidine rings is 1. The van der Waals surface area contributed by atoms with Crippen LogP contribution in [-0.4, -0.2) is 26.2 Å². The first-order chi connectivity index (χ1) is 9.29. The molecule has 1 heterocycles. The largest absolute Gasteiger partial charge is 0.491 e. The summed E-state index contributed by atoms with van der Waals surface area (Å²) in [6, 6.07) is 6.40. The predicted octanol–water partition coefficient (Wildman–Crippen LogP) is 3.20. The first kappa shape index (κ1) is 14.2. The zero-order chi connectivity index (χ0) is 13.5. The van der Waals surface area contributed by atoms with Crippen molar-refractivity contribution >= 4 is 5.69 Å². The normalized spacial score (nSPS) is 19.2. The van der Waals surface area contributed by atoms with E-state index in [9.17, 15) is 0 Å². The Hall–Kier alpha value is -1.22. The van der Waals surface area contributed by atoms with Gasteiger partial charge in [0.05, 0.1) is 12.3 Å². The number of nitrogens with one attached hydrogen (secondary N) is 2. The lowest BCUT2D eigenvalue weighted by molar-refractivity contribution is 0.318. The molecule has 0 aromatic heterocycles. The average Bonchev–Trinajstić information content (AvgIpc) is 2.45. The summed E-state index contributed by atoms with van der Waals surface area (Å²) >= 11 is 0. The molecule has 3 heteroatoms. The first-order valence-corrected chi connectivity index (χ1v) is 7.47. The van der Waals surface area contributed by atoms with E-state index in [1.165, 1.54) is 24.9 Å². The van der Waals surface area contributed by atoms with Crippen molar-refractivity contribution in [3.63, 3.8) is 0 Å². The molecule has 1 aliphatic rings. The molecule has 19 heavy (non-hydrogen) atoms. The highest BCUT2D eigenvalue weighted by Crippen LogP contribution is 2.26. The van der Waals surface area contributed by atoms with Crippen molar-refractivity contribution in [2.45, 2.75) is 33.1 Å². The van der Waals surface area contributed by atoms with Gasteiger partial charge in [-0.2, -0.15) is 0 Å². The lowest BCUT2D eigenvalue weighted by atomic mass is 9.99. The van der Waals surface area contributed by atoms with Gasteiger partial charge in [0, 0.05) is 6.54 Å². The summed E-state index contributed by atoms with van der Waals surface area (Å²) in [5.41, 5.74) is 2.38. The molecule has 2 N–H and O–H groups in total. The summed E-state index contributed by atoms with van der Waals surface area (Å²) in [6.07, 6.45) is 3.65. The smallest absolute Gasteiger partial charge is 0.142 e. The fourth-order valence-electron chi connectivity index (χ4n) is 2.46. The van der Waals surface area contributed by atoms with E-state index >= 15 is 0 Å². The molecule has 1 fully saturated rings.